The summed E-state index contributed by atoms with van der Waals surface area (Å²) < 4.78 is 0. The molecule has 0 aliphatic heterocycles. The van der Waals surface area contributed by atoms with Crippen LogP contribution in [0.2, 0.25) is 0 Å². The van der Waals surface area contributed by atoms with Crippen LogP contribution in [0.15, 0.2) is 12.3 Å². The van der Waals surface area contributed by atoms with Crippen LogP contribution in [0.1, 0.15) is 23.2 Å². The van der Waals surface area contributed by atoms with Gasteiger partial charge in [-0.1, -0.05) is 0 Å². The number of carboxylic acid groups (broad SMARTS) is 1. The smallest absolute Gasteiger partial charge is 0.339 e. The zero-order valence-electron chi connectivity index (χ0n) is 9.14. The number of aromatic nitrogens is 1. The zero-order valence-corrected chi connectivity index (χ0v) is 9.14. The predicted octanol–water partition coefficient (Wildman–Crippen LogP) is 0.0394. The molecule has 92 valence electrons. The molecule has 1 heterocycles. The minimum Gasteiger partial charge on any atom is -0.478 e. The molecule has 1 aromatic heterocycles. The number of nitrogens with one attached hydrogen (secondary N) is 1. The number of hydrogen-bond acceptors (Lipinski definition) is 5. The number of rotatable bonds is 6. The number of nitrogens with zero attached hydrogens (tertiary/aromatic N) is 1. The summed E-state index contributed by atoms with van der Waals surface area (Å²) in [6.45, 7) is 0.417. The van der Waals surface area contributed by atoms with Gasteiger partial charge in [-0.05, 0) is 12.5 Å². The van der Waals surface area contributed by atoms with Gasteiger partial charge in [0.05, 0.1) is 11.9 Å². The molecule has 7 nitrogen and oxygen atoms in total. The Bertz CT molecular complexity index is 434. The monoisotopic (exact) mass is 238 g/mol. The molecule has 0 saturated carbocycles. The highest BCUT2D eigenvalue weighted by Gasteiger charge is 2.11. The molecule has 0 atom stereocenters. The molecule has 0 aliphatic carbocycles. The first kappa shape index (κ1) is 12.8. The number of nitrogen functional groups attached to an aromatic ring is 1. The number of carboxylic acids is 1. The van der Waals surface area contributed by atoms with Gasteiger partial charge in [-0.3, -0.25) is 4.79 Å². The molecule has 0 unspecified atom stereocenters. The van der Waals surface area contributed by atoms with Crippen molar-refractivity contribution in [3.05, 3.63) is 17.8 Å². The fraction of sp³-hybridized carbons (Fsp3) is 0.300. The van der Waals surface area contributed by atoms with Crippen LogP contribution in [0.4, 0.5) is 11.5 Å². The molecule has 1 rings (SSSR count). The fourth-order valence-corrected chi connectivity index (χ4v) is 1.25. The first-order valence-electron chi connectivity index (χ1n) is 5.01. The van der Waals surface area contributed by atoms with Crippen LogP contribution in [0.5, 0.6) is 0 Å². The molecular weight excluding hydrogens is 224 g/mol. The third kappa shape index (κ3) is 3.98. The lowest BCUT2D eigenvalue weighted by molar-refractivity contribution is -0.118. The quantitative estimate of drug-likeness (QED) is 0.517. The van der Waals surface area contributed by atoms with E-state index in [1.165, 1.54) is 12.3 Å². The number of hydrogen-bond donors (Lipinski definition) is 4. The molecule has 0 radical (unpaired) electrons. The van der Waals surface area contributed by atoms with E-state index in [2.05, 4.69) is 10.3 Å². The maximum atomic E-state index is 10.9. The Labute approximate surface area is 97.8 Å². The zero-order chi connectivity index (χ0) is 12.8. The summed E-state index contributed by atoms with van der Waals surface area (Å²) in [4.78, 5) is 25.3. The Kier molecular flexibility index (Phi) is 4.27. The van der Waals surface area contributed by atoms with Crippen molar-refractivity contribution in [3.63, 3.8) is 0 Å². The summed E-state index contributed by atoms with van der Waals surface area (Å²) in [7, 11) is 0. The van der Waals surface area contributed by atoms with E-state index in [1.54, 1.807) is 0 Å². The molecule has 0 saturated heterocycles. The van der Waals surface area contributed by atoms with Crippen molar-refractivity contribution in [2.45, 2.75) is 12.8 Å². The molecule has 1 aromatic rings. The minimum absolute atomic E-state index is 0.00377. The van der Waals surface area contributed by atoms with Crippen LogP contribution >= 0.6 is 0 Å². The Balaban J connectivity index is 2.64. The standard InChI is InChI=1S/C10H14N4O3/c11-6-4-7(10(16)17)9(14-5-6)13-3-1-2-8(12)15/h4-5H,1-3,11H2,(H2,12,15)(H,13,14)(H,16,17). The first-order valence-corrected chi connectivity index (χ1v) is 5.01. The average molecular weight is 238 g/mol. The Morgan fingerprint density at radius 1 is 1.47 bits per heavy atom. The molecule has 17 heavy (non-hydrogen) atoms. The van der Waals surface area contributed by atoms with E-state index in [-0.39, 0.29) is 23.5 Å². The molecule has 6 N–H and O–H groups in total. The van der Waals surface area contributed by atoms with Crippen molar-refractivity contribution < 1.29 is 14.7 Å². The third-order valence-corrected chi connectivity index (χ3v) is 2.03. The highest BCUT2D eigenvalue weighted by Crippen LogP contribution is 2.15. The molecule has 1 amide bonds. The van der Waals surface area contributed by atoms with Gasteiger partial charge in [0.1, 0.15) is 11.4 Å². The van der Waals surface area contributed by atoms with E-state index in [0.29, 0.717) is 13.0 Å². The molecule has 0 fully saturated rings. The lowest BCUT2D eigenvalue weighted by atomic mass is 10.2. The number of amides is 1. The summed E-state index contributed by atoms with van der Waals surface area (Å²) in [5.41, 5.74) is 10.7. The van der Waals surface area contributed by atoms with Gasteiger partial charge in [0.2, 0.25) is 5.91 Å². The summed E-state index contributed by atoms with van der Waals surface area (Å²) in [5, 5.41) is 11.7. The van der Waals surface area contributed by atoms with Crippen molar-refractivity contribution >= 4 is 23.4 Å². The molecular formula is C10H14N4O3. The molecule has 0 spiro atoms. The number of anilines is 2. The van der Waals surface area contributed by atoms with Gasteiger partial charge >= 0.3 is 5.97 Å². The van der Waals surface area contributed by atoms with Gasteiger partial charge in [-0.25, -0.2) is 9.78 Å². The minimum atomic E-state index is -1.11. The van der Waals surface area contributed by atoms with Gasteiger partial charge in [-0.2, -0.15) is 0 Å². The summed E-state index contributed by atoms with van der Waals surface area (Å²) in [6, 6.07) is 1.33. The van der Waals surface area contributed by atoms with E-state index < -0.39 is 11.9 Å². The Morgan fingerprint density at radius 2 is 2.18 bits per heavy atom. The second kappa shape index (κ2) is 5.69. The van der Waals surface area contributed by atoms with Crippen LogP contribution in [-0.2, 0) is 4.79 Å². The lowest BCUT2D eigenvalue weighted by Gasteiger charge is -2.08. The number of carbonyl (C=O) groups excluding carboxylic acids is 1. The summed E-state index contributed by atoms with van der Waals surface area (Å²) >= 11 is 0. The largest absolute Gasteiger partial charge is 0.478 e. The maximum Gasteiger partial charge on any atom is 0.339 e. The SMILES string of the molecule is NC(=O)CCCNc1ncc(N)cc1C(=O)O. The van der Waals surface area contributed by atoms with E-state index in [0.717, 1.165) is 0 Å². The normalized spacial score (nSPS) is 9.88. The van der Waals surface area contributed by atoms with Crippen LogP contribution in [-0.4, -0.2) is 28.5 Å². The molecule has 0 bridgehead atoms. The van der Waals surface area contributed by atoms with Crippen LogP contribution in [0.3, 0.4) is 0 Å². The number of pyridine rings is 1. The fourth-order valence-electron chi connectivity index (χ4n) is 1.25. The van der Waals surface area contributed by atoms with Crippen LogP contribution in [0.25, 0.3) is 0 Å². The van der Waals surface area contributed by atoms with Gasteiger partial charge in [-0.15, -0.1) is 0 Å². The highest BCUT2D eigenvalue weighted by atomic mass is 16.4. The molecule has 7 heteroatoms. The topological polar surface area (TPSA) is 131 Å². The predicted molar refractivity (Wildman–Crippen MR) is 62.5 cm³/mol. The van der Waals surface area contributed by atoms with Gasteiger partial charge in [0.15, 0.2) is 0 Å². The third-order valence-electron chi connectivity index (χ3n) is 2.03. The van der Waals surface area contributed by atoms with Gasteiger partial charge in [0.25, 0.3) is 0 Å². The van der Waals surface area contributed by atoms with Crippen LogP contribution < -0.4 is 16.8 Å². The molecule has 0 aliphatic rings. The summed E-state index contributed by atoms with van der Waals surface area (Å²) in [5.74, 6) is -1.27. The second-order valence-electron chi connectivity index (χ2n) is 3.47. The Hall–Kier alpha value is -2.31. The van der Waals surface area contributed by atoms with Crippen molar-refractivity contribution in [1.82, 2.24) is 4.98 Å². The van der Waals surface area contributed by atoms with E-state index in [4.69, 9.17) is 16.6 Å². The summed E-state index contributed by atoms with van der Waals surface area (Å²) in [6.07, 6.45) is 2.12. The maximum absolute atomic E-state index is 10.9. The van der Waals surface area contributed by atoms with Crippen molar-refractivity contribution in [2.24, 2.45) is 5.73 Å². The van der Waals surface area contributed by atoms with Gasteiger partial charge in [0, 0.05) is 13.0 Å². The highest BCUT2D eigenvalue weighted by molar-refractivity contribution is 5.94. The van der Waals surface area contributed by atoms with E-state index in [9.17, 15) is 9.59 Å². The van der Waals surface area contributed by atoms with Crippen LogP contribution in [0, 0.1) is 0 Å². The van der Waals surface area contributed by atoms with Crippen molar-refractivity contribution in [2.75, 3.05) is 17.6 Å². The van der Waals surface area contributed by atoms with E-state index in [1.807, 2.05) is 0 Å². The first-order chi connectivity index (χ1) is 8.00. The lowest BCUT2D eigenvalue weighted by Crippen LogP contribution is -2.14. The van der Waals surface area contributed by atoms with Crippen molar-refractivity contribution in [3.8, 4) is 0 Å². The average Bonchev–Trinajstić information content (AvgIpc) is 2.25. The van der Waals surface area contributed by atoms with E-state index >= 15 is 0 Å². The number of aromatic carboxylic acids is 1. The van der Waals surface area contributed by atoms with Gasteiger partial charge < -0.3 is 21.9 Å². The number of carbonyl (C=O) groups is 2. The number of primary amides is 1. The number of nitrogens with two attached hydrogens (primary N) is 2. The van der Waals surface area contributed by atoms with Crippen molar-refractivity contribution in [1.29, 1.82) is 0 Å². The molecule has 0 aromatic carbocycles. The second-order valence-corrected chi connectivity index (χ2v) is 3.47. The Morgan fingerprint density at radius 3 is 2.76 bits per heavy atom.